The van der Waals surface area contributed by atoms with Gasteiger partial charge in [0, 0.05) is 19.2 Å². The van der Waals surface area contributed by atoms with Gasteiger partial charge in [-0.25, -0.2) is 12.8 Å². The molecule has 1 aliphatic rings. The van der Waals surface area contributed by atoms with E-state index in [1.54, 1.807) is 10.6 Å². The molecule has 2 aromatic rings. The molecule has 3 rings (SSSR count). The fourth-order valence-corrected chi connectivity index (χ4v) is 5.87. The topological polar surface area (TPSA) is 107 Å². The zero-order chi connectivity index (χ0) is 23.1. The highest BCUT2D eigenvalue weighted by Crippen LogP contribution is 2.19. The summed E-state index contributed by atoms with van der Waals surface area (Å²) in [6.45, 7) is 3.11. The summed E-state index contributed by atoms with van der Waals surface area (Å²) < 4.78 is 46.0. The largest absolute Gasteiger partial charge is 0.380 e. The SMILES string of the molecule is CCOCCn1c(=NC(=O)CS(=O)(=O)CC(=O)NC2CCCCC2)sc2cc(F)ccc21. The van der Waals surface area contributed by atoms with Crippen LogP contribution in [0.2, 0.25) is 0 Å². The maximum Gasteiger partial charge on any atom is 0.263 e. The highest BCUT2D eigenvalue weighted by atomic mass is 32.2. The highest BCUT2D eigenvalue weighted by Gasteiger charge is 2.23. The number of thiazole rings is 1. The predicted octanol–water partition coefficient (Wildman–Crippen LogP) is 2.17. The first-order valence-corrected chi connectivity index (χ1v) is 13.3. The summed E-state index contributed by atoms with van der Waals surface area (Å²) in [7, 11) is -3.97. The van der Waals surface area contributed by atoms with E-state index in [4.69, 9.17) is 4.74 Å². The van der Waals surface area contributed by atoms with Crippen molar-refractivity contribution < 1.29 is 27.1 Å². The maximum atomic E-state index is 13.6. The molecular weight excluding hydrogens is 457 g/mol. The van der Waals surface area contributed by atoms with Gasteiger partial charge in [-0.1, -0.05) is 30.6 Å². The van der Waals surface area contributed by atoms with Crippen LogP contribution in [-0.4, -0.2) is 55.6 Å². The molecule has 11 heteroatoms. The summed E-state index contributed by atoms with van der Waals surface area (Å²) in [6.07, 6.45) is 4.83. The zero-order valence-corrected chi connectivity index (χ0v) is 19.6. The summed E-state index contributed by atoms with van der Waals surface area (Å²) in [6, 6.07) is 4.23. The minimum absolute atomic E-state index is 0.00455. The van der Waals surface area contributed by atoms with E-state index in [1.807, 2.05) is 6.92 Å². The maximum absolute atomic E-state index is 13.6. The standard InChI is InChI=1S/C21H28FN3O5S2/c1-2-30-11-10-25-17-9-8-15(22)12-18(17)31-21(25)24-20(27)14-32(28,29)13-19(26)23-16-6-4-3-5-7-16/h8-9,12,16H,2-7,10-11,13-14H2,1H3,(H,23,26). The molecule has 0 aliphatic heterocycles. The molecule has 0 spiro atoms. The number of nitrogens with one attached hydrogen (secondary N) is 1. The van der Waals surface area contributed by atoms with E-state index in [1.165, 1.54) is 12.1 Å². The van der Waals surface area contributed by atoms with Crippen molar-refractivity contribution in [2.45, 2.75) is 51.6 Å². The second kappa shape index (κ2) is 11.2. The van der Waals surface area contributed by atoms with Crippen molar-refractivity contribution in [3.8, 4) is 0 Å². The number of rotatable bonds is 9. The Hall–Kier alpha value is -2.11. The van der Waals surface area contributed by atoms with Crippen LogP contribution in [0, 0.1) is 5.82 Å². The lowest BCUT2D eigenvalue weighted by Crippen LogP contribution is -2.40. The number of ether oxygens (including phenoxy) is 1. The van der Waals surface area contributed by atoms with E-state index < -0.39 is 39.0 Å². The molecule has 0 atom stereocenters. The van der Waals surface area contributed by atoms with Gasteiger partial charge in [0.15, 0.2) is 14.6 Å². The molecule has 1 N–H and O–H groups in total. The van der Waals surface area contributed by atoms with Crippen LogP contribution >= 0.6 is 11.3 Å². The second-order valence-electron chi connectivity index (χ2n) is 7.79. The van der Waals surface area contributed by atoms with Crippen molar-refractivity contribution in [2.75, 3.05) is 24.7 Å². The van der Waals surface area contributed by atoms with Crippen LogP contribution in [0.3, 0.4) is 0 Å². The molecule has 0 unspecified atom stereocenters. The Balaban J connectivity index is 1.73. The number of carbonyl (C=O) groups excluding carboxylic acids is 2. The summed E-state index contributed by atoms with van der Waals surface area (Å²) in [5, 5.41) is 2.75. The first-order valence-electron chi connectivity index (χ1n) is 10.7. The fraction of sp³-hybridized carbons (Fsp3) is 0.571. The summed E-state index contributed by atoms with van der Waals surface area (Å²) in [4.78, 5) is 28.8. The van der Waals surface area contributed by atoms with Gasteiger partial charge in [0.25, 0.3) is 5.91 Å². The number of amides is 2. The van der Waals surface area contributed by atoms with Crippen LogP contribution in [0.4, 0.5) is 4.39 Å². The van der Waals surface area contributed by atoms with Gasteiger partial charge < -0.3 is 14.6 Å². The number of hydrogen-bond acceptors (Lipinski definition) is 6. The molecule has 176 valence electrons. The number of sulfone groups is 1. The normalized spacial score (nSPS) is 15.9. The molecule has 1 heterocycles. The Bertz CT molecular complexity index is 1130. The molecule has 1 saturated carbocycles. The number of hydrogen-bond donors (Lipinski definition) is 1. The molecule has 1 aliphatic carbocycles. The van der Waals surface area contributed by atoms with Gasteiger partial charge in [-0.3, -0.25) is 9.59 Å². The molecule has 0 bridgehead atoms. The van der Waals surface area contributed by atoms with E-state index in [0.717, 1.165) is 43.4 Å². The number of carbonyl (C=O) groups is 2. The lowest BCUT2D eigenvalue weighted by Gasteiger charge is -2.22. The van der Waals surface area contributed by atoms with Crippen molar-refractivity contribution in [3.63, 3.8) is 0 Å². The van der Waals surface area contributed by atoms with E-state index >= 15 is 0 Å². The summed E-state index contributed by atoms with van der Waals surface area (Å²) in [5.74, 6) is -3.48. The van der Waals surface area contributed by atoms with Gasteiger partial charge in [0.1, 0.15) is 17.3 Å². The third kappa shape index (κ3) is 6.94. The van der Waals surface area contributed by atoms with Crippen LogP contribution < -0.4 is 10.1 Å². The van der Waals surface area contributed by atoms with Gasteiger partial charge in [-0.2, -0.15) is 4.99 Å². The van der Waals surface area contributed by atoms with E-state index in [2.05, 4.69) is 10.3 Å². The molecule has 8 nitrogen and oxygen atoms in total. The van der Waals surface area contributed by atoms with Gasteiger partial charge in [0.2, 0.25) is 5.91 Å². The molecule has 1 aromatic carbocycles. The second-order valence-corrected chi connectivity index (χ2v) is 10.9. The molecular formula is C21H28FN3O5S2. The highest BCUT2D eigenvalue weighted by molar-refractivity contribution is 7.92. The molecule has 0 saturated heterocycles. The van der Waals surface area contributed by atoms with E-state index in [-0.39, 0.29) is 10.8 Å². The Morgan fingerprint density at radius 2 is 2.00 bits per heavy atom. The minimum atomic E-state index is -3.97. The van der Waals surface area contributed by atoms with Crippen molar-refractivity contribution >= 4 is 43.2 Å². The van der Waals surface area contributed by atoms with Crippen molar-refractivity contribution in [3.05, 3.63) is 28.8 Å². The minimum Gasteiger partial charge on any atom is -0.380 e. The quantitative estimate of drug-likeness (QED) is 0.548. The third-order valence-electron chi connectivity index (χ3n) is 5.19. The predicted molar refractivity (Wildman–Crippen MR) is 121 cm³/mol. The molecule has 1 fully saturated rings. The molecule has 2 amide bonds. The summed E-state index contributed by atoms with van der Waals surface area (Å²) in [5.41, 5.74) is 0.678. The summed E-state index contributed by atoms with van der Waals surface area (Å²) >= 11 is 1.09. The van der Waals surface area contributed by atoms with Crippen LogP contribution in [0.15, 0.2) is 23.2 Å². The van der Waals surface area contributed by atoms with Crippen LogP contribution in [-0.2, 0) is 30.7 Å². The Kier molecular flexibility index (Phi) is 8.55. The molecule has 0 radical (unpaired) electrons. The fourth-order valence-electron chi connectivity index (χ4n) is 3.74. The average Bonchev–Trinajstić information content (AvgIpc) is 3.03. The Morgan fingerprint density at radius 3 is 2.72 bits per heavy atom. The zero-order valence-electron chi connectivity index (χ0n) is 18.0. The molecule has 32 heavy (non-hydrogen) atoms. The Labute approximate surface area is 190 Å². The van der Waals surface area contributed by atoms with Crippen molar-refractivity contribution in [1.82, 2.24) is 9.88 Å². The van der Waals surface area contributed by atoms with Gasteiger partial charge >= 0.3 is 0 Å². The first kappa shape index (κ1) is 24.5. The van der Waals surface area contributed by atoms with E-state index in [9.17, 15) is 22.4 Å². The van der Waals surface area contributed by atoms with Gasteiger partial charge in [0.05, 0.1) is 16.8 Å². The molecule has 1 aromatic heterocycles. The van der Waals surface area contributed by atoms with Gasteiger partial charge in [-0.15, -0.1) is 0 Å². The van der Waals surface area contributed by atoms with E-state index in [0.29, 0.717) is 30.0 Å². The lowest BCUT2D eigenvalue weighted by atomic mass is 9.95. The smallest absolute Gasteiger partial charge is 0.263 e. The monoisotopic (exact) mass is 485 g/mol. The first-order chi connectivity index (χ1) is 15.3. The van der Waals surface area contributed by atoms with Crippen molar-refractivity contribution in [2.24, 2.45) is 4.99 Å². The lowest BCUT2D eigenvalue weighted by molar-refractivity contribution is -0.119. The van der Waals surface area contributed by atoms with Crippen LogP contribution in [0.1, 0.15) is 39.0 Å². The van der Waals surface area contributed by atoms with Crippen LogP contribution in [0.25, 0.3) is 10.2 Å². The third-order valence-corrected chi connectivity index (χ3v) is 7.62. The van der Waals surface area contributed by atoms with Gasteiger partial charge in [-0.05, 0) is 38.0 Å². The number of aromatic nitrogens is 1. The Morgan fingerprint density at radius 1 is 1.25 bits per heavy atom. The van der Waals surface area contributed by atoms with Crippen molar-refractivity contribution in [1.29, 1.82) is 0 Å². The average molecular weight is 486 g/mol. The number of benzene rings is 1. The number of fused-ring (bicyclic) bond motifs is 1. The number of halogens is 1. The number of nitrogens with zero attached hydrogens (tertiary/aromatic N) is 2. The van der Waals surface area contributed by atoms with Crippen LogP contribution in [0.5, 0.6) is 0 Å².